The molecule has 1 saturated heterocycles. The Morgan fingerprint density at radius 2 is 1.78 bits per heavy atom. The molecule has 3 nitrogen and oxygen atoms in total. The van der Waals surface area contributed by atoms with Crippen LogP contribution in [0.15, 0.2) is 24.3 Å². The molecule has 0 bridgehead atoms. The molecular weight excluding hydrogens is 224 g/mol. The van der Waals surface area contributed by atoms with Crippen molar-refractivity contribution >= 4 is 5.91 Å². The van der Waals surface area contributed by atoms with Crippen molar-refractivity contribution in [3.8, 4) is 0 Å². The smallest absolute Gasteiger partial charge is 0.236 e. The Hall–Kier alpha value is -1.35. The van der Waals surface area contributed by atoms with Gasteiger partial charge in [0, 0.05) is 19.6 Å². The third-order valence-corrected chi connectivity index (χ3v) is 3.50. The summed E-state index contributed by atoms with van der Waals surface area (Å²) >= 11 is 0. The molecule has 1 amide bonds. The largest absolute Gasteiger partial charge is 0.342 e. The van der Waals surface area contributed by atoms with Crippen molar-refractivity contribution in [2.45, 2.75) is 32.7 Å². The van der Waals surface area contributed by atoms with Gasteiger partial charge in [-0.3, -0.25) is 4.79 Å². The molecule has 2 rings (SSSR count). The summed E-state index contributed by atoms with van der Waals surface area (Å²) < 4.78 is 0. The Balaban J connectivity index is 1.72. The zero-order valence-electron chi connectivity index (χ0n) is 11.1. The number of amides is 1. The molecule has 0 atom stereocenters. The van der Waals surface area contributed by atoms with Gasteiger partial charge in [-0.15, -0.1) is 0 Å². The second kappa shape index (κ2) is 6.55. The summed E-state index contributed by atoms with van der Waals surface area (Å²) in [5.41, 5.74) is 2.59. The van der Waals surface area contributed by atoms with Crippen LogP contribution in [0.1, 0.15) is 30.9 Å². The number of rotatable bonds is 5. The first-order chi connectivity index (χ1) is 8.79. The zero-order valence-corrected chi connectivity index (χ0v) is 11.1. The first kappa shape index (κ1) is 13.1. The lowest BCUT2D eigenvalue weighted by Gasteiger charge is -2.15. The Morgan fingerprint density at radius 1 is 1.17 bits per heavy atom. The Kier molecular flexibility index (Phi) is 4.76. The molecule has 0 saturated carbocycles. The summed E-state index contributed by atoms with van der Waals surface area (Å²) in [6.07, 6.45) is 3.38. The minimum Gasteiger partial charge on any atom is -0.342 e. The second-order valence-corrected chi connectivity index (χ2v) is 4.86. The molecule has 1 N–H and O–H groups in total. The monoisotopic (exact) mass is 246 g/mol. The predicted octanol–water partition coefficient (Wildman–Crippen LogP) is 1.96. The van der Waals surface area contributed by atoms with Crippen molar-refractivity contribution in [2.24, 2.45) is 0 Å². The summed E-state index contributed by atoms with van der Waals surface area (Å²) in [6.45, 7) is 5.25. The van der Waals surface area contributed by atoms with E-state index in [1.165, 1.54) is 11.1 Å². The van der Waals surface area contributed by atoms with Gasteiger partial charge in [0.2, 0.25) is 5.91 Å². The Labute approximate surface area is 109 Å². The maximum Gasteiger partial charge on any atom is 0.236 e. The van der Waals surface area contributed by atoms with E-state index < -0.39 is 0 Å². The standard InChI is InChI=1S/C15H22N2O/c1-2-13-5-7-14(8-6-13)11-16-12-15(18)17-9-3-4-10-17/h5-8,16H,2-4,9-12H2,1H3. The highest BCUT2D eigenvalue weighted by atomic mass is 16.2. The van der Waals surface area contributed by atoms with E-state index in [9.17, 15) is 4.79 Å². The lowest BCUT2D eigenvalue weighted by Crippen LogP contribution is -2.35. The molecule has 0 unspecified atom stereocenters. The normalized spacial score (nSPS) is 15.1. The highest BCUT2D eigenvalue weighted by Gasteiger charge is 2.16. The van der Waals surface area contributed by atoms with Gasteiger partial charge in [-0.2, -0.15) is 0 Å². The van der Waals surface area contributed by atoms with Gasteiger partial charge in [0.25, 0.3) is 0 Å². The molecule has 3 heteroatoms. The highest BCUT2D eigenvalue weighted by molar-refractivity contribution is 5.78. The van der Waals surface area contributed by atoms with Gasteiger partial charge in [0.05, 0.1) is 6.54 Å². The van der Waals surface area contributed by atoms with E-state index in [0.717, 1.165) is 38.9 Å². The van der Waals surface area contributed by atoms with Gasteiger partial charge in [-0.25, -0.2) is 0 Å². The fourth-order valence-electron chi connectivity index (χ4n) is 2.28. The van der Waals surface area contributed by atoms with Gasteiger partial charge in [-0.1, -0.05) is 31.2 Å². The third kappa shape index (κ3) is 3.57. The summed E-state index contributed by atoms with van der Waals surface area (Å²) in [4.78, 5) is 13.8. The molecule has 0 radical (unpaired) electrons. The van der Waals surface area contributed by atoms with E-state index in [1.54, 1.807) is 0 Å². The number of hydrogen-bond acceptors (Lipinski definition) is 2. The van der Waals surface area contributed by atoms with Crippen molar-refractivity contribution in [3.63, 3.8) is 0 Å². The van der Waals surface area contributed by atoms with Gasteiger partial charge in [0.1, 0.15) is 0 Å². The van der Waals surface area contributed by atoms with Gasteiger partial charge in [0.15, 0.2) is 0 Å². The van der Waals surface area contributed by atoms with Crippen LogP contribution >= 0.6 is 0 Å². The molecule has 98 valence electrons. The van der Waals surface area contributed by atoms with Crippen LogP contribution in [-0.2, 0) is 17.8 Å². The molecule has 1 heterocycles. The molecule has 1 aromatic carbocycles. The maximum atomic E-state index is 11.8. The molecule has 18 heavy (non-hydrogen) atoms. The van der Waals surface area contributed by atoms with Crippen molar-refractivity contribution in [2.75, 3.05) is 19.6 Å². The fourth-order valence-corrected chi connectivity index (χ4v) is 2.28. The van der Waals surface area contributed by atoms with Gasteiger partial charge < -0.3 is 10.2 Å². The zero-order chi connectivity index (χ0) is 12.8. The van der Waals surface area contributed by atoms with E-state index in [0.29, 0.717) is 6.54 Å². The van der Waals surface area contributed by atoms with E-state index in [2.05, 4.69) is 36.5 Å². The van der Waals surface area contributed by atoms with Crippen LogP contribution in [0.25, 0.3) is 0 Å². The first-order valence-corrected chi connectivity index (χ1v) is 6.86. The van der Waals surface area contributed by atoms with Crippen LogP contribution < -0.4 is 5.32 Å². The highest BCUT2D eigenvalue weighted by Crippen LogP contribution is 2.07. The molecule has 1 aliphatic heterocycles. The second-order valence-electron chi connectivity index (χ2n) is 4.86. The van der Waals surface area contributed by atoms with Crippen LogP contribution in [0.4, 0.5) is 0 Å². The lowest BCUT2D eigenvalue weighted by molar-refractivity contribution is -0.129. The quantitative estimate of drug-likeness (QED) is 0.861. The van der Waals surface area contributed by atoms with E-state index in [4.69, 9.17) is 0 Å². The van der Waals surface area contributed by atoms with Crippen molar-refractivity contribution in [1.82, 2.24) is 10.2 Å². The van der Waals surface area contributed by atoms with Crippen molar-refractivity contribution in [3.05, 3.63) is 35.4 Å². The van der Waals surface area contributed by atoms with Crippen LogP contribution in [-0.4, -0.2) is 30.4 Å². The number of carbonyl (C=O) groups excluding carboxylic acids is 1. The number of aryl methyl sites for hydroxylation is 1. The molecule has 1 aliphatic rings. The Morgan fingerprint density at radius 3 is 2.39 bits per heavy atom. The summed E-state index contributed by atoms with van der Waals surface area (Å²) in [5.74, 6) is 0.234. The van der Waals surface area contributed by atoms with Crippen LogP contribution in [0, 0.1) is 0 Å². The lowest BCUT2D eigenvalue weighted by atomic mass is 10.1. The molecule has 1 aromatic rings. The number of carbonyl (C=O) groups is 1. The number of likely N-dealkylation sites (tertiary alicyclic amines) is 1. The maximum absolute atomic E-state index is 11.8. The van der Waals surface area contributed by atoms with E-state index >= 15 is 0 Å². The average molecular weight is 246 g/mol. The Bertz CT molecular complexity index is 380. The number of benzene rings is 1. The summed E-state index contributed by atoms with van der Waals surface area (Å²) in [6, 6.07) is 8.57. The van der Waals surface area contributed by atoms with Gasteiger partial charge in [-0.05, 0) is 30.4 Å². The SMILES string of the molecule is CCc1ccc(CNCC(=O)N2CCCC2)cc1. The van der Waals surface area contributed by atoms with E-state index in [1.807, 2.05) is 4.90 Å². The molecule has 1 fully saturated rings. The third-order valence-electron chi connectivity index (χ3n) is 3.50. The fraction of sp³-hybridized carbons (Fsp3) is 0.533. The van der Waals surface area contributed by atoms with Crippen LogP contribution in [0.2, 0.25) is 0 Å². The van der Waals surface area contributed by atoms with Crippen LogP contribution in [0.3, 0.4) is 0 Å². The minimum atomic E-state index is 0.234. The minimum absolute atomic E-state index is 0.234. The number of hydrogen-bond donors (Lipinski definition) is 1. The molecule has 0 spiro atoms. The predicted molar refractivity (Wildman–Crippen MR) is 73.3 cm³/mol. The van der Waals surface area contributed by atoms with Crippen molar-refractivity contribution < 1.29 is 4.79 Å². The summed E-state index contributed by atoms with van der Waals surface area (Å²) in [7, 11) is 0. The molecule has 0 aliphatic carbocycles. The topological polar surface area (TPSA) is 32.3 Å². The van der Waals surface area contributed by atoms with Crippen molar-refractivity contribution in [1.29, 1.82) is 0 Å². The van der Waals surface area contributed by atoms with Crippen LogP contribution in [0.5, 0.6) is 0 Å². The molecule has 0 aromatic heterocycles. The molecular formula is C15H22N2O. The van der Waals surface area contributed by atoms with E-state index in [-0.39, 0.29) is 5.91 Å². The first-order valence-electron chi connectivity index (χ1n) is 6.86. The average Bonchev–Trinajstić information content (AvgIpc) is 2.93. The van der Waals surface area contributed by atoms with Gasteiger partial charge >= 0.3 is 0 Å². The number of nitrogens with one attached hydrogen (secondary N) is 1. The number of nitrogens with zero attached hydrogens (tertiary/aromatic N) is 1. The summed E-state index contributed by atoms with van der Waals surface area (Å²) in [5, 5.41) is 3.22.